The topological polar surface area (TPSA) is 99.6 Å². The van der Waals surface area contributed by atoms with Crippen LogP contribution in [0.3, 0.4) is 0 Å². The zero-order valence-electron chi connectivity index (χ0n) is 24.5. The Morgan fingerprint density at radius 2 is 1.88 bits per heavy atom. The highest BCUT2D eigenvalue weighted by Gasteiger charge is 2.21. The van der Waals surface area contributed by atoms with E-state index in [1.54, 1.807) is 11.3 Å². The van der Waals surface area contributed by atoms with Crippen LogP contribution in [0, 0.1) is 12.8 Å². The van der Waals surface area contributed by atoms with E-state index in [1.807, 2.05) is 61.5 Å². The molecule has 2 aliphatic heterocycles. The maximum atomic E-state index is 13.2. The number of anilines is 3. The average Bonchev–Trinajstić information content (AvgIpc) is 3.45. The van der Waals surface area contributed by atoms with Crippen LogP contribution in [0.15, 0.2) is 42.6 Å². The number of pyridine rings is 1. The van der Waals surface area contributed by atoms with E-state index in [0.717, 1.165) is 97.8 Å². The predicted octanol–water partition coefficient (Wildman–Crippen LogP) is 4.84. The summed E-state index contributed by atoms with van der Waals surface area (Å²) in [5, 5.41) is 4.22. The van der Waals surface area contributed by atoms with Gasteiger partial charge in [-0.05, 0) is 44.4 Å². The third kappa shape index (κ3) is 6.53. The first kappa shape index (κ1) is 28.4. The van der Waals surface area contributed by atoms with Crippen LogP contribution in [0.4, 0.5) is 17.6 Å². The molecule has 0 saturated carbocycles. The zero-order valence-corrected chi connectivity index (χ0v) is 25.4. The van der Waals surface area contributed by atoms with Crippen molar-refractivity contribution in [2.75, 3.05) is 69.7 Å². The number of hydrogen-bond donors (Lipinski definition) is 1. The van der Waals surface area contributed by atoms with Crippen LogP contribution in [0.1, 0.15) is 35.8 Å². The quantitative estimate of drug-likeness (QED) is 0.311. The molecule has 4 aromatic rings. The molecule has 2 fully saturated rings. The Morgan fingerprint density at radius 1 is 1.07 bits per heavy atom. The predicted molar refractivity (Wildman–Crippen MR) is 168 cm³/mol. The van der Waals surface area contributed by atoms with Gasteiger partial charge in [-0.2, -0.15) is 4.98 Å². The van der Waals surface area contributed by atoms with Crippen LogP contribution in [0.2, 0.25) is 0 Å². The normalized spacial score (nSPS) is 16.6. The second-order valence-electron chi connectivity index (χ2n) is 11.1. The van der Waals surface area contributed by atoms with E-state index in [0.29, 0.717) is 23.1 Å². The number of thiazole rings is 1. The van der Waals surface area contributed by atoms with Gasteiger partial charge in [-0.15, -0.1) is 11.3 Å². The number of nitrogens with one attached hydrogen (secondary N) is 1. The molecule has 0 spiro atoms. The lowest BCUT2D eigenvalue weighted by atomic mass is 9.99. The van der Waals surface area contributed by atoms with Gasteiger partial charge in [-0.1, -0.05) is 19.1 Å². The lowest BCUT2D eigenvalue weighted by Crippen LogP contribution is -2.46. The molecule has 1 N–H and O–H groups in total. The standard InChI is InChI=1S/C31H38N8O2S/c1-4-38-10-12-39(13-11-38)31-33-21(2)16-28(36-31)35-27-18-25-26(19-32-27)42-29(34-25)23-6-5-7-24(17-23)30(40)37(3)20-22-8-14-41-15-9-22/h5-7,16-19,22H,4,8-15,20H2,1-3H3,(H,32,33,35,36). The molecule has 1 amide bonds. The Morgan fingerprint density at radius 3 is 2.67 bits per heavy atom. The SMILES string of the molecule is CCN1CCN(c2nc(C)cc(Nc3cc4nc(-c5cccc(C(=O)N(C)CC6CCOCC6)c5)sc4cn3)n2)CC1. The molecule has 0 unspecified atom stereocenters. The van der Waals surface area contributed by atoms with Crippen molar-refractivity contribution in [3.63, 3.8) is 0 Å². The fourth-order valence-electron chi connectivity index (χ4n) is 5.58. The number of fused-ring (bicyclic) bond motifs is 1. The van der Waals surface area contributed by atoms with Crippen molar-refractivity contribution < 1.29 is 9.53 Å². The summed E-state index contributed by atoms with van der Waals surface area (Å²) in [5.74, 6) is 2.67. The maximum Gasteiger partial charge on any atom is 0.253 e. The molecule has 10 nitrogen and oxygen atoms in total. The molecular formula is C31H38N8O2S. The first-order valence-corrected chi connectivity index (χ1v) is 15.6. The Balaban J connectivity index is 1.16. The Hall–Kier alpha value is -3.67. The van der Waals surface area contributed by atoms with Gasteiger partial charge in [0.25, 0.3) is 5.91 Å². The van der Waals surface area contributed by atoms with Gasteiger partial charge < -0.3 is 24.8 Å². The van der Waals surface area contributed by atoms with Gasteiger partial charge in [-0.3, -0.25) is 4.79 Å². The van der Waals surface area contributed by atoms with Crippen LogP contribution in [-0.4, -0.2) is 95.2 Å². The Labute approximate surface area is 250 Å². The summed E-state index contributed by atoms with van der Waals surface area (Å²) in [6, 6.07) is 11.6. The Bertz CT molecular complexity index is 1550. The second-order valence-corrected chi connectivity index (χ2v) is 12.2. The Kier molecular flexibility index (Phi) is 8.59. The number of hydrogen-bond acceptors (Lipinski definition) is 10. The van der Waals surface area contributed by atoms with Crippen molar-refractivity contribution in [3.05, 3.63) is 53.9 Å². The van der Waals surface area contributed by atoms with Crippen molar-refractivity contribution in [3.8, 4) is 10.6 Å². The van der Waals surface area contributed by atoms with Gasteiger partial charge in [0.15, 0.2) is 0 Å². The molecule has 2 saturated heterocycles. The van der Waals surface area contributed by atoms with Gasteiger partial charge >= 0.3 is 0 Å². The monoisotopic (exact) mass is 586 g/mol. The average molecular weight is 587 g/mol. The molecule has 3 aromatic heterocycles. The molecule has 0 atom stereocenters. The molecule has 1 aromatic carbocycles. The highest BCUT2D eigenvalue weighted by atomic mass is 32.1. The van der Waals surface area contributed by atoms with Gasteiger partial charge in [0.2, 0.25) is 5.95 Å². The van der Waals surface area contributed by atoms with Gasteiger partial charge in [0.05, 0.1) is 10.2 Å². The molecular weight excluding hydrogens is 548 g/mol. The van der Waals surface area contributed by atoms with Crippen LogP contribution in [-0.2, 0) is 4.74 Å². The van der Waals surface area contributed by atoms with Crippen LogP contribution in [0.25, 0.3) is 20.8 Å². The van der Waals surface area contributed by atoms with E-state index in [4.69, 9.17) is 14.7 Å². The molecule has 0 aliphatic carbocycles. The number of piperazine rings is 1. The van der Waals surface area contributed by atoms with Crippen molar-refractivity contribution in [2.45, 2.75) is 26.7 Å². The van der Waals surface area contributed by atoms with Gasteiger partial charge in [-0.25, -0.2) is 15.0 Å². The first-order valence-electron chi connectivity index (χ1n) is 14.8. The van der Waals surface area contributed by atoms with Gasteiger partial charge in [0, 0.05) is 88.1 Å². The van der Waals surface area contributed by atoms with Crippen LogP contribution < -0.4 is 10.2 Å². The number of aryl methyl sites for hydroxylation is 1. The molecule has 42 heavy (non-hydrogen) atoms. The lowest BCUT2D eigenvalue weighted by molar-refractivity contribution is 0.0497. The largest absolute Gasteiger partial charge is 0.381 e. The minimum Gasteiger partial charge on any atom is -0.381 e. The first-order chi connectivity index (χ1) is 20.4. The molecule has 11 heteroatoms. The van der Waals surface area contributed by atoms with Crippen LogP contribution in [0.5, 0.6) is 0 Å². The lowest BCUT2D eigenvalue weighted by Gasteiger charge is -2.34. The smallest absolute Gasteiger partial charge is 0.253 e. The molecule has 0 radical (unpaired) electrons. The fourth-order valence-corrected chi connectivity index (χ4v) is 6.50. The summed E-state index contributed by atoms with van der Waals surface area (Å²) in [5.41, 5.74) is 3.36. The summed E-state index contributed by atoms with van der Waals surface area (Å²) in [6.07, 6.45) is 3.85. The van der Waals surface area contributed by atoms with E-state index < -0.39 is 0 Å². The van der Waals surface area contributed by atoms with Crippen molar-refractivity contribution >= 4 is 45.0 Å². The third-order valence-corrected chi connectivity index (χ3v) is 9.11. The van der Waals surface area contributed by atoms with E-state index in [-0.39, 0.29) is 5.91 Å². The molecule has 5 heterocycles. The van der Waals surface area contributed by atoms with E-state index in [2.05, 4.69) is 32.0 Å². The summed E-state index contributed by atoms with van der Waals surface area (Å²) in [7, 11) is 1.89. The number of carbonyl (C=O) groups excluding carboxylic acids is 1. The minimum atomic E-state index is 0.0318. The van der Waals surface area contributed by atoms with Crippen molar-refractivity contribution in [1.29, 1.82) is 0 Å². The molecule has 0 bridgehead atoms. The van der Waals surface area contributed by atoms with Gasteiger partial charge in [0.1, 0.15) is 16.6 Å². The highest BCUT2D eigenvalue weighted by Crippen LogP contribution is 2.32. The summed E-state index contributed by atoms with van der Waals surface area (Å²) >= 11 is 1.57. The number of benzene rings is 1. The minimum absolute atomic E-state index is 0.0318. The maximum absolute atomic E-state index is 13.2. The number of carbonyl (C=O) groups is 1. The molecule has 220 valence electrons. The number of amides is 1. The van der Waals surface area contributed by atoms with Crippen LogP contribution >= 0.6 is 11.3 Å². The second kappa shape index (κ2) is 12.7. The third-order valence-electron chi connectivity index (χ3n) is 8.05. The number of aromatic nitrogens is 4. The molecule has 6 rings (SSSR count). The highest BCUT2D eigenvalue weighted by molar-refractivity contribution is 7.21. The number of rotatable bonds is 8. The number of likely N-dealkylation sites (N-methyl/N-ethyl adjacent to an activating group) is 1. The van der Waals surface area contributed by atoms with Crippen molar-refractivity contribution in [1.82, 2.24) is 29.7 Å². The van der Waals surface area contributed by atoms with E-state index in [9.17, 15) is 4.79 Å². The summed E-state index contributed by atoms with van der Waals surface area (Å²) in [6.45, 7) is 11.4. The number of ether oxygens (including phenoxy) is 1. The summed E-state index contributed by atoms with van der Waals surface area (Å²) < 4.78 is 6.45. The van der Waals surface area contributed by atoms with E-state index in [1.165, 1.54) is 0 Å². The summed E-state index contributed by atoms with van der Waals surface area (Å²) in [4.78, 5) is 38.8. The van der Waals surface area contributed by atoms with E-state index >= 15 is 0 Å². The zero-order chi connectivity index (χ0) is 29.1. The fraction of sp³-hybridized carbons (Fsp3) is 0.452. The molecule has 2 aliphatic rings. The number of nitrogens with zero attached hydrogens (tertiary/aromatic N) is 7. The van der Waals surface area contributed by atoms with Crippen molar-refractivity contribution in [2.24, 2.45) is 5.92 Å².